The van der Waals surface area contributed by atoms with Gasteiger partial charge in [-0.05, 0) is 72.2 Å². The zero-order chi connectivity index (χ0) is 32.6. The summed E-state index contributed by atoms with van der Waals surface area (Å²) in [7, 11) is 0. The summed E-state index contributed by atoms with van der Waals surface area (Å²) >= 11 is 1.27. The van der Waals surface area contributed by atoms with Gasteiger partial charge in [-0.2, -0.15) is 0 Å². The second-order valence-electron chi connectivity index (χ2n) is 10.4. The number of nitrogens with one attached hydrogen (secondary N) is 3. The Bertz CT molecular complexity index is 1970. The number of benzene rings is 5. The lowest BCUT2D eigenvalue weighted by atomic mass is 10.0. The molecule has 46 heavy (non-hydrogen) atoms. The molecule has 5 rings (SSSR count). The number of anilines is 2. The van der Waals surface area contributed by atoms with Crippen LogP contribution in [0.15, 0.2) is 126 Å². The highest BCUT2D eigenvalue weighted by Gasteiger charge is 2.19. The molecule has 9 nitrogen and oxygen atoms in total. The summed E-state index contributed by atoms with van der Waals surface area (Å²) in [6.45, 7) is 3.48. The van der Waals surface area contributed by atoms with Gasteiger partial charge in [0.2, 0.25) is 5.91 Å². The van der Waals surface area contributed by atoms with Crippen molar-refractivity contribution in [3.05, 3.63) is 148 Å². The number of hydrogen-bond acceptors (Lipinski definition) is 6. The van der Waals surface area contributed by atoms with E-state index in [1.165, 1.54) is 23.9 Å². The summed E-state index contributed by atoms with van der Waals surface area (Å²) in [5.41, 5.74) is 2.66. The van der Waals surface area contributed by atoms with Crippen molar-refractivity contribution in [3.63, 3.8) is 0 Å². The quantitative estimate of drug-likeness (QED) is 0.0631. The first-order valence-electron chi connectivity index (χ1n) is 14.4. The fourth-order valence-electron chi connectivity index (χ4n) is 4.67. The van der Waals surface area contributed by atoms with E-state index in [1.54, 1.807) is 74.5 Å². The Morgan fingerprint density at radius 2 is 1.54 bits per heavy atom. The number of thioether (sulfide) groups is 1. The minimum Gasteiger partial charge on any atom is -0.325 e. The summed E-state index contributed by atoms with van der Waals surface area (Å²) in [6.07, 6.45) is 1.65. The van der Waals surface area contributed by atoms with Crippen LogP contribution in [0.3, 0.4) is 0 Å². The smallest absolute Gasteiger partial charge is 0.272 e. The van der Waals surface area contributed by atoms with Gasteiger partial charge in [-0.1, -0.05) is 72.8 Å². The Balaban J connectivity index is 1.34. The third kappa shape index (κ3) is 7.85. The topological polar surface area (TPSA) is 130 Å². The van der Waals surface area contributed by atoms with Gasteiger partial charge in [0.05, 0.1) is 15.9 Å². The van der Waals surface area contributed by atoms with Crippen molar-refractivity contribution in [2.24, 2.45) is 0 Å². The fourth-order valence-corrected chi connectivity index (χ4v) is 5.60. The average molecular weight is 631 g/mol. The molecule has 0 aliphatic carbocycles. The SMILES string of the molecule is Cc1ccc([N+](=O)[O-])cc1NC(=O)C(C)Sc1cccc(NC(=O)/C(=C\c2cccc3ccccc23)NC(=O)c2ccccc2)c1. The third-order valence-electron chi connectivity index (χ3n) is 7.12. The molecule has 0 aliphatic heterocycles. The first kappa shape index (κ1) is 31.7. The van der Waals surface area contributed by atoms with Crippen LogP contribution in [0.4, 0.5) is 17.1 Å². The predicted octanol–water partition coefficient (Wildman–Crippen LogP) is 7.59. The number of aryl methyl sites for hydroxylation is 1. The minimum atomic E-state index is -0.559. The van der Waals surface area contributed by atoms with Crippen molar-refractivity contribution < 1.29 is 19.3 Å². The molecule has 5 aromatic rings. The molecule has 0 radical (unpaired) electrons. The molecule has 5 aromatic carbocycles. The average Bonchev–Trinajstić information content (AvgIpc) is 3.06. The number of nitrogens with zero attached hydrogens (tertiary/aromatic N) is 1. The molecule has 1 unspecified atom stereocenters. The van der Waals surface area contributed by atoms with Gasteiger partial charge in [0.25, 0.3) is 17.5 Å². The molecule has 10 heteroatoms. The van der Waals surface area contributed by atoms with Crippen LogP contribution >= 0.6 is 11.8 Å². The first-order chi connectivity index (χ1) is 22.2. The Kier molecular flexibility index (Phi) is 9.89. The molecule has 0 heterocycles. The monoisotopic (exact) mass is 630 g/mol. The molecule has 0 fully saturated rings. The van der Waals surface area contributed by atoms with E-state index < -0.39 is 22.0 Å². The second-order valence-corrected chi connectivity index (χ2v) is 11.8. The van der Waals surface area contributed by atoms with Crippen LogP contribution in [-0.2, 0) is 9.59 Å². The normalized spacial score (nSPS) is 11.8. The molecule has 0 saturated carbocycles. The highest BCUT2D eigenvalue weighted by molar-refractivity contribution is 8.00. The summed E-state index contributed by atoms with van der Waals surface area (Å²) < 4.78 is 0. The van der Waals surface area contributed by atoms with Crippen molar-refractivity contribution >= 4 is 63.4 Å². The standard InChI is InChI=1S/C36H30N4O5S/c1-23-18-19-29(40(44)45)22-32(23)38-34(41)24(2)46-30-16-9-15-28(21-30)37-36(43)33(39-35(42)26-11-4-3-5-12-26)20-27-14-8-13-25-10-6-7-17-31(25)27/h3-22,24H,1-2H3,(H,37,43)(H,38,41)(H,39,42)/b33-20+. The van der Waals surface area contributed by atoms with Crippen molar-refractivity contribution in [1.29, 1.82) is 0 Å². The summed E-state index contributed by atoms with van der Waals surface area (Å²) in [6, 6.07) is 33.5. The van der Waals surface area contributed by atoms with E-state index in [0.717, 1.165) is 16.3 Å². The van der Waals surface area contributed by atoms with Gasteiger partial charge in [-0.25, -0.2) is 0 Å². The number of amides is 3. The lowest BCUT2D eigenvalue weighted by Crippen LogP contribution is -2.30. The molecule has 0 aliphatic rings. The number of nitro benzene ring substituents is 1. The van der Waals surface area contributed by atoms with Crippen LogP contribution in [-0.4, -0.2) is 27.9 Å². The summed E-state index contributed by atoms with van der Waals surface area (Å²) in [5, 5.41) is 21.0. The van der Waals surface area contributed by atoms with Gasteiger partial charge >= 0.3 is 0 Å². The van der Waals surface area contributed by atoms with E-state index in [1.807, 2.05) is 48.5 Å². The zero-order valence-electron chi connectivity index (χ0n) is 25.0. The Labute approximate surface area is 269 Å². The van der Waals surface area contributed by atoms with Crippen molar-refractivity contribution in [1.82, 2.24) is 5.32 Å². The van der Waals surface area contributed by atoms with Gasteiger partial charge in [0, 0.05) is 28.3 Å². The van der Waals surface area contributed by atoms with Crippen LogP contribution < -0.4 is 16.0 Å². The van der Waals surface area contributed by atoms with Crippen LogP contribution in [0.2, 0.25) is 0 Å². The van der Waals surface area contributed by atoms with Crippen LogP contribution in [0, 0.1) is 17.0 Å². The van der Waals surface area contributed by atoms with Gasteiger partial charge in [-0.3, -0.25) is 24.5 Å². The largest absolute Gasteiger partial charge is 0.325 e. The number of nitro groups is 1. The molecule has 3 N–H and O–H groups in total. The van der Waals surface area contributed by atoms with E-state index in [-0.39, 0.29) is 17.3 Å². The summed E-state index contributed by atoms with van der Waals surface area (Å²) in [4.78, 5) is 51.1. The van der Waals surface area contributed by atoms with Gasteiger partial charge < -0.3 is 16.0 Å². The lowest BCUT2D eigenvalue weighted by molar-refractivity contribution is -0.384. The van der Waals surface area contributed by atoms with Crippen molar-refractivity contribution in [3.8, 4) is 0 Å². The van der Waals surface area contributed by atoms with Crippen LogP contribution in [0.25, 0.3) is 16.8 Å². The van der Waals surface area contributed by atoms with E-state index in [2.05, 4.69) is 16.0 Å². The zero-order valence-corrected chi connectivity index (χ0v) is 25.8. The Morgan fingerprint density at radius 3 is 2.33 bits per heavy atom. The third-order valence-corrected chi connectivity index (χ3v) is 8.21. The number of hydrogen-bond donors (Lipinski definition) is 3. The van der Waals surface area contributed by atoms with Crippen molar-refractivity contribution in [2.75, 3.05) is 10.6 Å². The molecular formula is C36H30N4O5S. The maximum Gasteiger partial charge on any atom is 0.272 e. The molecule has 1 atom stereocenters. The number of fused-ring (bicyclic) bond motifs is 1. The fraction of sp³-hybridized carbons (Fsp3) is 0.0833. The maximum atomic E-state index is 13.7. The Morgan fingerprint density at radius 1 is 0.826 bits per heavy atom. The van der Waals surface area contributed by atoms with Gasteiger partial charge in [0.15, 0.2) is 0 Å². The molecular weight excluding hydrogens is 600 g/mol. The van der Waals surface area contributed by atoms with Crippen LogP contribution in [0.1, 0.15) is 28.4 Å². The van der Waals surface area contributed by atoms with E-state index in [4.69, 9.17) is 0 Å². The molecule has 0 spiro atoms. The lowest BCUT2D eigenvalue weighted by Gasteiger charge is -2.15. The van der Waals surface area contributed by atoms with Gasteiger partial charge in [-0.15, -0.1) is 11.8 Å². The number of carbonyl (C=O) groups excluding carboxylic acids is 3. The predicted molar refractivity (Wildman–Crippen MR) is 183 cm³/mol. The highest BCUT2D eigenvalue weighted by Crippen LogP contribution is 2.29. The first-order valence-corrected chi connectivity index (χ1v) is 15.3. The number of carbonyl (C=O) groups is 3. The van der Waals surface area contributed by atoms with Crippen molar-refractivity contribution in [2.45, 2.75) is 24.0 Å². The Hall–Kier alpha value is -5.74. The number of non-ortho nitro benzene ring substituents is 1. The highest BCUT2D eigenvalue weighted by atomic mass is 32.2. The van der Waals surface area contributed by atoms with Crippen LogP contribution in [0.5, 0.6) is 0 Å². The molecule has 0 saturated heterocycles. The minimum absolute atomic E-state index is 0.0586. The molecule has 0 aromatic heterocycles. The number of rotatable bonds is 10. The molecule has 0 bridgehead atoms. The maximum absolute atomic E-state index is 13.7. The molecule has 3 amide bonds. The van der Waals surface area contributed by atoms with E-state index in [0.29, 0.717) is 27.4 Å². The second kappa shape index (κ2) is 14.4. The van der Waals surface area contributed by atoms with Gasteiger partial charge in [0.1, 0.15) is 5.70 Å². The van der Waals surface area contributed by atoms with E-state index >= 15 is 0 Å². The van der Waals surface area contributed by atoms with E-state index in [9.17, 15) is 24.5 Å². The summed E-state index contributed by atoms with van der Waals surface area (Å²) in [5.74, 6) is -1.27. The molecule has 230 valence electrons.